The summed E-state index contributed by atoms with van der Waals surface area (Å²) in [6, 6.07) is 20.7. The Morgan fingerprint density at radius 3 is 2.40 bits per heavy atom. The summed E-state index contributed by atoms with van der Waals surface area (Å²) in [6.45, 7) is 6.95. The van der Waals surface area contributed by atoms with Crippen LogP contribution in [0.3, 0.4) is 0 Å². The number of allylic oxidation sites excluding steroid dienone is 1. The number of anilines is 3. The number of Topliss-reactive ketones (excluding diaryl/α,β-unsaturated/α-hetero) is 1. The number of rotatable bonds is 4. The quantitative estimate of drug-likeness (QED) is 0.324. The number of piperazine rings is 1. The Balaban J connectivity index is 1.36. The molecule has 3 aromatic carbocycles. The van der Waals surface area contributed by atoms with Gasteiger partial charge in [-0.3, -0.25) is 9.59 Å². The van der Waals surface area contributed by atoms with Gasteiger partial charge in [0.25, 0.3) is 0 Å². The molecule has 218 valence electrons. The van der Waals surface area contributed by atoms with E-state index in [2.05, 4.69) is 29.0 Å². The van der Waals surface area contributed by atoms with Crippen molar-refractivity contribution in [3.8, 4) is 0 Å². The van der Waals surface area contributed by atoms with Crippen molar-refractivity contribution >= 4 is 63.6 Å². The molecule has 0 aromatic heterocycles. The van der Waals surface area contributed by atoms with Crippen LogP contribution in [0.2, 0.25) is 15.1 Å². The number of nitrogens with one attached hydrogen (secondary N) is 1. The molecule has 1 unspecified atom stereocenters. The van der Waals surface area contributed by atoms with Crippen molar-refractivity contribution in [1.82, 2.24) is 4.90 Å². The van der Waals surface area contributed by atoms with Gasteiger partial charge in [0.05, 0.1) is 34.0 Å². The van der Waals surface area contributed by atoms with Gasteiger partial charge in [-0.25, -0.2) is 0 Å². The molecule has 6 nitrogen and oxygen atoms in total. The van der Waals surface area contributed by atoms with Crippen LogP contribution in [0, 0.1) is 5.41 Å². The van der Waals surface area contributed by atoms with E-state index in [9.17, 15) is 9.59 Å². The summed E-state index contributed by atoms with van der Waals surface area (Å²) in [7, 11) is 0. The maximum atomic E-state index is 14.0. The molecular weight excluding hydrogens is 591 g/mol. The summed E-state index contributed by atoms with van der Waals surface area (Å²) < 4.78 is 0. The number of amides is 1. The lowest BCUT2D eigenvalue weighted by Crippen LogP contribution is -2.52. The topological polar surface area (TPSA) is 55.9 Å². The molecule has 1 N–H and O–H groups in total. The van der Waals surface area contributed by atoms with Crippen LogP contribution in [0.5, 0.6) is 0 Å². The number of carbonyl (C=O) groups excluding carboxylic acids is 2. The number of hydrogen-bond donors (Lipinski definition) is 1. The van der Waals surface area contributed by atoms with Gasteiger partial charge in [0, 0.05) is 54.6 Å². The van der Waals surface area contributed by atoms with E-state index in [1.54, 1.807) is 6.07 Å². The molecule has 1 saturated heterocycles. The number of carbonyl (C=O) groups is 2. The number of halogens is 3. The van der Waals surface area contributed by atoms with E-state index >= 15 is 0 Å². The maximum absolute atomic E-state index is 14.0. The number of ketones is 1. The summed E-state index contributed by atoms with van der Waals surface area (Å²) in [5.41, 5.74) is 5.00. The van der Waals surface area contributed by atoms with Crippen molar-refractivity contribution in [1.29, 1.82) is 0 Å². The number of para-hydroxylation sites is 2. The van der Waals surface area contributed by atoms with E-state index in [4.69, 9.17) is 34.8 Å². The maximum Gasteiger partial charge on any atom is 0.242 e. The van der Waals surface area contributed by atoms with Crippen LogP contribution in [0.25, 0.3) is 0 Å². The first-order valence-electron chi connectivity index (χ1n) is 14.2. The highest BCUT2D eigenvalue weighted by Crippen LogP contribution is 2.48. The number of fused-ring (bicyclic) bond motifs is 1. The molecule has 0 saturated carbocycles. The summed E-state index contributed by atoms with van der Waals surface area (Å²) in [5, 5.41) is 5.15. The third-order valence-corrected chi connectivity index (χ3v) is 9.35. The van der Waals surface area contributed by atoms with Gasteiger partial charge in [-0.1, -0.05) is 72.9 Å². The van der Waals surface area contributed by atoms with Crippen LogP contribution in [0.1, 0.15) is 38.3 Å². The Kier molecular flexibility index (Phi) is 7.90. The van der Waals surface area contributed by atoms with E-state index in [-0.39, 0.29) is 23.7 Å². The Morgan fingerprint density at radius 1 is 0.905 bits per heavy atom. The van der Waals surface area contributed by atoms with Crippen LogP contribution < -0.4 is 15.1 Å². The second kappa shape index (κ2) is 11.5. The van der Waals surface area contributed by atoms with E-state index < -0.39 is 6.04 Å². The highest BCUT2D eigenvalue weighted by Gasteiger charge is 2.42. The van der Waals surface area contributed by atoms with Gasteiger partial charge in [-0.05, 0) is 59.9 Å². The number of nitrogens with zero attached hydrogens (tertiary/aromatic N) is 3. The van der Waals surface area contributed by atoms with Crippen LogP contribution in [-0.4, -0.2) is 49.3 Å². The molecule has 0 radical (unpaired) electrons. The van der Waals surface area contributed by atoms with Gasteiger partial charge < -0.3 is 20.0 Å². The summed E-state index contributed by atoms with van der Waals surface area (Å²) in [4.78, 5) is 34.1. The molecule has 2 aliphatic heterocycles. The molecule has 0 spiro atoms. The van der Waals surface area contributed by atoms with Crippen LogP contribution in [0.4, 0.5) is 17.1 Å². The average molecular weight is 624 g/mol. The molecule has 6 rings (SSSR count). The Morgan fingerprint density at radius 2 is 1.67 bits per heavy atom. The molecule has 1 fully saturated rings. The fourth-order valence-electron chi connectivity index (χ4n) is 6.39. The molecule has 1 atom stereocenters. The van der Waals surface area contributed by atoms with Gasteiger partial charge in [0.15, 0.2) is 5.78 Å². The van der Waals surface area contributed by atoms with E-state index in [0.717, 1.165) is 28.3 Å². The van der Waals surface area contributed by atoms with E-state index in [1.807, 2.05) is 65.6 Å². The second-order valence-corrected chi connectivity index (χ2v) is 13.3. The van der Waals surface area contributed by atoms with Crippen molar-refractivity contribution in [2.45, 2.75) is 32.7 Å². The fraction of sp³-hybridized carbons (Fsp3) is 0.333. The predicted octanol–water partition coefficient (Wildman–Crippen LogP) is 7.61. The third-order valence-electron chi connectivity index (χ3n) is 8.37. The minimum Gasteiger partial charge on any atom is -0.368 e. The van der Waals surface area contributed by atoms with Crippen LogP contribution in [-0.2, 0) is 9.59 Å². The fourth-order valence-corrected chi connectivity index (χ4v) is 6.88. The zero-order valence-electron chi connectivity index (χ0n) is 23.7. The minimum atomic E-state index is -0.508. The SMILES string of the molecule is CC1(C)CC(=O)C2=C(C1)Nc1ccccc1N(CC(=O)N1CCN(c3cccc(Cl)c3)CC1)C2c1ccc(Cl)c(Cl)c1. The van der Waals surface area contributed by atoms with Gasteiger partial charge >= 0.3 is 0 Å². The van der Waals surface area contributed by atoms with Crippen molar-refractivity contribution in [3.63, 3.8) is 0 Å². The summed E-state index contributed by atoms with van der Waals surface area (Å²) in [5.74, 6) is 0.0819. The number of hydrogen-bond acceptors (Lipinski definition) is 5. The lowest BCUT2D eigenvalue weighted by atomic mass is 9.73. The smallest absolute Gasteiger partial charge is 0.242 e. The van der Waals surface area contributed by atoms with Gasteiger partial charge in [0.2, 0.25) is 5.91 Å². The van der Waals surface area contributed by atoms with Crippen molar-refractivity contribution in [2.75, 3.05) is 47.8 Å². The Labute approximate surface area is 261 Å². The largest absolute Gasteiger partial charge is 0.368 e. The lowest BCUT2D eigenvalue weighted by molar-refractivity contribution is -0.130. The molecule has 42 heavy (non-hydrogen) atoms. The highest BCUT2D eigenvalue weighted by molar-refractivity contribution is 6.42. The molecule has 3 aliphatic rings. The molecule has 3 aromatic rings. The molecule has 1 aliphatic carbocycles. The summed E-state index contributed by atoms with van der Waals surface area (Å²) >= 11 is 19.1. The first kappa shape index (κ1) is 28.9. The zero-order chi connectivity index (χ0) is 29.6. The molecule has 0 bridgehead atoms. The predicted molar refractivity (Wildman–Crippen MR) is 172 cm³/mol. The lowest BCUT2D eigenvalue weighted by Gasteiger charge is -2.40. The number of benzene rings is 3. The molecular formula is C33H33Cl3N4O2. The normalized spacial score (nSPS) is 20.1. The van der Waals surface area contributed by atoms with Crippen LogP contribution in [0.15, 0.2) is 78.0 Å². The molecule has 1 amide bonds. The standard InChI is InChI=1S/C33H33Cl3N4O2/c1-33(2)18-27-31(29(41)19-33)32(21-10-11-24(35)25(36)16-21)40(28-9-4-3-8-26(28)37-27)20-30(42)39-14-12-38(13-15-39)23-7-5-6-22(34)17-23/h3-11,16-17,32,37H,12-15,18-20H2,1-2H3. The third kappa shape index (κ3) is 5.72. The second-order valence-electron chi connectivity index (χ2n) is 12.0. The highest BCUT2D eigenvalue weighted by atomic mass is 35.5. The Bertz CT molecular complexity index is 1580. The first-order chi connectivity index (χ1) is 20.1. The van der Waals surface area contributed by atoms with Crippen molar-refractivity contribution in [2.24, 2.45) is 5.41 Å². The minimum absolute atomic E-state index is 0.00764. The molecule has 9 heteroatoms. The van der Waals surface area contributed by atoms with Crippen molar-refractivity contribution in [3.05, 3.63) is 98.6 Å². The van der Waals surface area contributed by atoms with Gasteiger partial charge in [-0.15, -0.1) is 0 Å². The van der Waals surface area contributed by atoms with Gasteiger partial charge in [-0.2, -0.15) is 0 Å². The molecule has 2 heterocycles. The monoisotopic (exact) mass is 622 g/mol. The van der Waals surface area contributed by atoms with E-state index in [1.165, 1.54) is 0 Å². The van der Waals surface area contributed by atoms with Crippen molar-refractivity contribution < 1.29 is 9.59 Å². The van der Waals surface area contributed by atoms with E-state index in [0.29, 0.717) is 59.7 Å². The summed E-state index contributed by atoms with van der Waals surface area (Å²) in [6.07, 6.45) is 1.14. The van der Waals surface area contributed by atoms with Gasteiger partial charge in [0.1, 0.15) is 0 Å². The Hall–Kier alpha value is -3.19. The van der Waals surface area contributed by atoms with Crippen LogP contribution >= 0.6 is 34.8 Å². The zero-order valence-corrected chi connectivity index (χ0v) is 25.9. The first-order valence-corrected chi connectivity index (χ1v) is 15.4. The average Bonchev–Trinajstić information content (AvgIpc) is 3.08.